The first kappa shape index (κ1) is 14.4. The second kappa shape index (κ2) is 6.00. The highest BCUT2D eigenvalue weighted by Gasteiger charge is 2.18. The molecule has 0 radical (unpaired) electrons. The van der Waals surface area contributed by atoms with Crippen LogP contribution in [0.3, 0.4) is 0 Å². The van der Waals surface area contributed by atoms with Gasteiger partial charge >= 0.3 is 0 Å². The van der Waals surface area contributed by atoms with Crippen molar-refractivity contribution in [2.45, 2.75) is 0 Å². The fourth-order valence-corrected chi connectivity index (χ4v) is 1.85. The zero-order valence-corrected chi connectivity index (χ0v) is 11.1. The number of hydrogen-bond acceptors (Lipinski definition) is 4. The first-order chi connectivity index (χ1) is 10.0. The summed E-state index contributed by atoms with van der Waals surface area (Å²) in [6.45, 7) is 0. The van der Waals surface area contributed by atoms with Gasteiger partial charge in [0, 0.05) is 12.7 Å². The molecule has 0 atom stereocenters. The average molecular weight is 289 g/mol. The van der Waals surface area contributed by atoms with E-state index in [-0.39, 0.29) is 5.69 Å². The van der Waals surface area contributed by atoms with Crippen molar-refractivity contribution in [1.82, 2.24) is 0 Å². The minimum Gasteiger partial charge on any atom is -0.387 e. The molecule has 0 saturated carbocycles. The van der Waals surface area contributed by atoms with Crippen LogP contribution in [0.25, 0.3) is 0 Å². The number of anilines is 2. The van der Waals surface area contributed by atoms with Crippen LogP contribution in [0.4, 0.5) is 21.5 Å². The van der Waals surface area contributed by atoms with E-state index in [0.717, 1.165) is 18.2 Å². The van der Waals surface area contributed by atoms with Gasteiger partial charge < -0.3 is 10.6 Å². The lowest BCUT2D eigenvalue weighted by Crippen LogP contribution is -2.15. The van der Waals surface area contributed by atoms with Crippen LogP contribution >= 0.6 is 0 Å². The van der Waals surface area contributed by atoms with Crippen molar-refractivity contribution in [2.24, 2.45) is 0 Å². The van der Waals surface area contributed by atoms with E-state index in [1.165, 1.54) is 0 Å². The second-order valence-corrected chi connectivity index (χ2v) is 4.17. The third-order valence-electron chi connectivity index (χ3n) is 2.85. The smallest absolute Gasteiger partial charge is 0.295 e. The number of para-hydroxylation sites is 1. The summed E-state index contributed by atoms with van der Waals surface area (Å²) in [6.07, 6.45) is 0. The first-order valence-corrected chi connectivity index (χ1v) is 6.05. The van der Waals surface area contributed by atoms with Crippen molar-refractivity contribution in [3.05, 3.63) is 64.0 Å². The van der Waals surface area contributed by atoms with Crippen molar-refractivity contribution >= 4 is 23.0 Å². The topological polar surface area (TPSA) is 84.3 Å². The van der Waals surface area contributed by atoms with E-state index < -0.39 is 22.3 Å². The molecule has 2 N–H and O–H groups in total. The Kier molecular flexibility index (Phi) is 4.13. The molecule has 0 spiro atoms. The molecule has 0 heterocycles. The maximum Gasteiger partial charge on any atom is 0.295 e. The van der Waals surface area contributed by atoms with Gasteiger partial charge in [0.2, 0.25) is 0 Å². The Labute approximate surface area is 119 Å². The molecule has 2 aromatic rings. The Morgan fingerprint density at radius 1 is 1.19 bits per heavy atom. The molecule has 0 fully saturated rings. The molecular weight excluding hydrogens is 277 g/mol. The predicted octanol–water partition coefficient (Wildman–Crippen LogP) is 3.03. The summed E-state index contributed by atoms with van der Waals surface area (Å²) in [6, 6.07) is 9.68. The predicted molar refractivity (Wildman–Crippen MR) is 77.0 cm³/mol. The molecule has 0 unspecified atom stereocenters. The minimum atomic E-state index is -0.747. The maximum atomic E-state index is 13.1. The van der Waals surface area contributed by atoms with E-state index in [2.05, 4.69) is 10.6 Å². The summed E-state index contributed by atoms with van der Waals surface area (Å²) in [5.74, 6) is -1.26. The van der Waals surface area contributed by atoms with Crippen molar-refractivity contribution in [3.8, 4) is 0 Å². The normalized spacial score (nSPS) is 10.0. The number of nitro benzene ring substituents is 1. The highest BCUT2D eigenvalue weighted by Crippen LogP contribution is 2.26. The quantitative estimate of drug-likeness (QED) is 0.669. The van der Waals surface area contributed by atoms with E-state index in [0.29, 0.717) is 11.3 Å². The standard InChI is InChI=1S/C14H12FN3O3/c1-16-11-5-3-2-4-10(11)14(19)17-12-7-6-9(15)8-13(12)18(20)21/h2-8,16H,1H3,(H,17,19). The van der Waals surface area contributed by atoms with Gasteiger partial charge in [0.25, 0.3) is 11.6 Å². The molecule has 0 saturated heterocycles. The molecule has 0 bridgehead atoms. The van der Waals surface area contributed by atoms with Crippen molar-refractivity contribution in [1.29, 1.82) is 0 Å². The number of amides is 1. The van der Waals surface area contributed by atoms with Gasteiger partial charge in [0.05, 0.1) is 16.6 Å². The molecule has 1 amide bonds. The minimum absolute atomic E-state index is 0.0580. The number of carbonyl (C=O) groups is 1. The van der Waals surface area contributed by atoms with Gasteiger partial charge in [-0.3, -0.25) is 14.9 Å². The van der Waals surface area contributed by atoms with Crippen LogP contribution in [-0.4, -0.2) is 17.9 Å². The lowest BCUT2D eigenvalue weighted by molar-refractivity contribution is -0.384. The zero-order chi connectivity index (χ0) is 15.4. The highest BCUT2D eigenvalue weighted by atomic mass is 19.1. The Bertz CT molecular complexity index is 704. The molecule has 7 heteroatoms. The van der Waals surface area contributed by atoms with Gasteiger partial charge in [0.15, 0.2) is 0 Å². The fraction of sp³-hybridized carbons (Fsp3) is 0.0714. The monoisotopic (exact) mass is 289 g/mol. The third-order valence-corrected chi connectivity index (χ3v) is 2.85. The number of carbonyl (C=O) groups excluding carboxylic acids is 1. The first-order valence-electron chi connectivity index (χ1n) is 6.05. The highest BCUT2D eigenvalue weighted by molar-refractivity contribution is 6.08. The van der Waals surface area contributed by atoms with Gasteiger partial charge in [-0.25, -0.2) is 4.39 Å². The SMILES string of the molecule is CNc1ccccc1C(=O)Nc1ccc(F)cc1[N+](=O)[O-]. The molecule has 0 aliphatic rings. The number of halogens is 1. The summed E-state index contributed by atoms with van der Waals surface area (Å²) >= 11 is 0. The lowest BCUT2D eigenvalue weighted by Gasteiger charge is -2.10. The van der Waals surface area contributed by atoms with E-state index in [9.17, 15) is 19.3 Å². The van der Waals surface area contributed by atoms with Crippen molar-refractivity contribution < 1.29 is 14.1 Å². The molecule has 0 aliphatic heterocycles. The molecule has 108 valence electrons. The van der Waals surface area contributed by atoms with Crippen LogP contribution in [0, 0.1) is 15.9 Å². The Hall–Kier alpha value is -2.96. The van der Waals surface area contributed by atoms with Gasteiger partial charge in [-0.15, -0.1) is 0 Å². The third kappa shape index (κ3) is 3.14. The maximum absolute atomic E-state index is 13.1. The largest absolute Gasteiger partial charge is 0.387 e. The molecule has 2 rings (SSSR count). The summed E-state index contributed by atoms with van der Waals surface area (Å²) in [4.78, 5) is 22.3. The fourth-order valence-electron chi connectivity index (χ4n) is 1.85. The number of nitrogens with zero attached hydrogens (tertiary/aromatic N) is 1. The van der Waals surface area contributed by atoms with Gasteiger partial charge in [-0.2, -0.15) is 0 Å². The molecular formula is C14H12FN3O3. The van der Waals surface area contributed by atoms with Gasteiger partial charge in [0.1, 0.15) is 11.5 Å². The Morgan fingerprint density at radius 3 is 2.57 bits per heavy atom. The summed E-state index contributed by atoms with van der Waals surface area (Å²) in [5.41, 5.74) is 0.362. The van der Waals surface area contributed by atoms with E-state index in [1.54, 1.807) is 31.3 Å². The van der Waals surface area contributed by atoms with Crippen molar-refractivity contribution in [3.63, 3.8) is 0 Å². The number of nitro groups is 1. The lowest BCUT2D eigenvalue weighted by atomic mass is 10.1. The molecule has 2 aromatic carbocycles. The number of rotatable bonds is 4. The van der Waals surface area contributed by atoms with Crippen LogP contribution in [0.15, 0.2) is 42.5 Å². The molecule has 0 aromatic heterocycles. The molecule has 6 nitrogen and oxygen atoms in total. The van der Waals surface area contributed by atoms with Gasteiger partial charge in [-0.05, 0) is 24.3 Å². The summed E-state index contributed by atoms with van der Waals surface area (Å²) in [7, 11) is 1.66. The van der Waals surface area contributed by atoms with Crippen molar-refractivity contribution in [2.75, 3.05) is 17.7 Å². The van der Waals surface area contributed by atoms with E-state index >= 15 is 0 Å². The molecule has 21 heavy (non-hydrogen) atoms. The van der Waals surface area contributed by atoms with Gasteiger partial charge in [-0.1, -0.05) is 12.1 Å². The Balaban J connectivity index is 2.34. The van der Waals surface area contributed by atoms with Crippen LogP contribution < -0.4 is 10.6 Å². The Morgan fingerprint density at radius 2 is 1.90 bits per heavy atom. The second-order valence-electron chi connectivity index (χ2n) is 4.17. The zero-order valence-electron chi connectivity index (χ0n) is 11.1. The van der Waals surface area contributed by atoms with Crippen LogP contribution in [0.5, 0.6) is 0 Å². The summed E-state index contributed by atoms with van der Waals surface area (Å²) < 4.78 is 13.1. The van der Waals surface area contributed by atoms with E-state index in [1.807, 2.05) is 0 Å². The summed E-state index contributed by atoms with van der Waals surface area (Å²) in [5, 5.41) is 16.2. The number of hydrogen-bond donors (Lipinski definition) is 2. The van der Waals surface area contributed by atoms with E-state index in [4.69, 9.17) is 0 Å². The molecule has 0 aliphatic carbocycles. The average Bonchev–Trinajstić information content (AvgIpc) is 2.48. The van der Waals surface area contributed by atoms with Crippen LogP contribution in [-0.2, 0) is 0 Å². The number of nitrogens with one attached hydrogen (secondary N) is 2. The van der Waals surface area contributed by atoms with Crippen LogP contribution in [0.2, 0.25) is 0 Å². The van der Waals surface area contributed by atoms with Crippen LogP contribution in [0.1, 0.15) is 10.4 Å². The number of benzene rings is 2.